The van der Waals surface area contributed by atoms with Crippen LogP contribution in [0.2, 0.25) is 0 Å². The van der Waals surface area contributed by atoms with Gasteiger partial charge in [0.1, 0.15) is 6.10 Å². The lowest BCUT2D eigenvalue weighted by Gasteiger charge is -2.39. The summed E-state index contributed by atoms with van der Waals surface area (Å²) in [6.07, 6.45) is 3.59. The summed E-state index contributed by atoms with van der Waals surface area (Å²) in [5, 5.41) is 0. The minimum Gasteiger partial charge on any atom is -0.376 e. The van der Waals surface area contributed by atoms with Gasteiger partial charge in [-0.15, -0.1) is 0 Å². The number of carbonyl (C=O) groups excluding carboxylic acids is 1. The fourth-order valence-corrected chi connectivity index (χ4v) is 3.66. The fourth-order valence-electron chi connectivity index (χ4n) is 3.66. The van der Waals surface area contributed by atoms with Crippen molar-refractivity contribution in [3.05, 3.63) is 35.9 Å². The van der Waals surface area contributed by atoms with E-state index in [2.05, 4.69) is 12.1 Å². The summed E-state index contributed by atoms with van der Waals surface area (Å²) in [6.45, 7) is 4.06. The first-order valence-electron chi connectivity index (χ1n) is 8.36. The summed E-state index contributed by atoms with van der Waals surface area (Å²) in [5.41, 5.74) is 1.22. The number of amides is 1. The van der Waals surface area contributed by atoms with Crippen LogP contribution in [0.3, 0.4) is 0 Å². The Morgan fingerprint density at radius 1 is 1.32 bits per heavy atom. The van der Waals surface area contributed by atoms with Crippen LogP contribution in [0, 0.1) is 0 Å². The molecular formula is C18H25NO3. The summed E-state index contributed by atoms with van der Waals surface area (Å²) in [7, 11) is 0. The minimum absolute atomic E-state index is 0.0642. The molecule has 1 amide bonds. The quantitative estimate of drug-likeness (QED) is 0.838. The van der Waals surface area contributed by atoms with E-state index in [4.69, 9.17) is 9.47 Å². The molecule has 2 fully saturated rings. The van der Waals surface area contributed by atoms with Crippen LogP contribution in [0.25, 0.3) is 0 Å². The average Bonchev–Trinajstić information content (AvgIpc) is 2.97. The lowest BCUT2D eigenvalue weighted by molar-refractivity contribution is -0.151. The lowest BCUT2D eigenvalue weighted by atomic mass is 10.1. The monoisotopic (exact) mass is 303 g/mol. The molecule has 1 aromatic carbocycles. The molecule has 1 heterocycles. The van der Waals surface area contributed by atoms with E-state index < -0.39 is 0 Å². The van der Waals surface area contributed by atoms with E-state index in [0.29, 0.717) is 26.2 Å². The molecule has 1 saturated heterocycles. The van der Waals surface area contributed by atoms with E-state index in [1.165, 1.54) is 5.56 Å². The topological polar surface area (TPSA) is 38.8 Å². The van der Waals surface area contributed by atoms with Crippen molar-refractivity contribution in [2.24, 2.45) is 0 Å². The molecule has 22 heavy (non-hydrogen) atoms. The van der Waals surface area contributed by atoms with Gasteiger partial charge in [0.2, 0.25) is 5.91 Å². The molecule has 0 unspecified atom stereocenters. The number of benzene rings is 1. The van der Waals surface area contributed by atoms with E-state index in [1.54, 1.807) is 0 Å². The Hall–Kier alpha value is -1.39. The van der Waals surface area contributed by atoms with Crippen LogP contribution >= 0.6 is 0 Å². The van der Waals surface area contributed by atoms with Crippen LogP contribution in [-0.2, 0) is 20.7 Å². The third-order valence-corrected chi connectivity index (χ3v) is 4.71. The van der Waals surface area contributed by atoms with Crippen LogP contribution in [-0.4, -0.2) is 48.8 Å². The first-order chi connectivity index (χ1) is 10.8. The van der Waals surface area contributed by atoms with Gasteiger partial charge in [-0.3, -0.25) is 4.79 Å². The van der Waals surface area contributed by atoms with Gasteiger partial charge < -0.3 is 14.4 Å². The molecule has 4 heteroatoms. The van der Waals surface area contributed by atoms with Gasteiger partial charge in [-0.25, -0.2) is 0 Å². The van der Waals surface area contributed by atoms with Crippen molar-refractivity contribution in [2.75, 3.05) is 19.8 Å². The third kappa shape index (κ3) is 3.33. The normalized spacial score (nSPS) is 27.7. The highest BCUT2D eigenvalue weighted by molar-refractivity contribution is 5.77. The van der Waals surface area contributed by atoms with Crippen LogP contribution < -0.4 is 0 Å². The predicted octanol–water partition coefficient (Wildman–Crippen LogP) is 2.41. The number of aryl methyl sites for hydroxylation is 1. The van der Waals surface area contributed by atoms with Gasteiger partial charge in [0.15, 0.2) is 0 Å². The Bertz CT molecular complexity index is 490. The maximum atomic E-state index is 12.6. The molecule has 4 nitrogen and oxygen atoms in total. The molecular weight excluding hydrogens is 278 g/mol. The summed E-state index contributed by atoms with van der Waals surface area (Å²) in [6, 6.07) is 10.4. The van der Waals surface area contributed by atoms with E-state index >= 15 is 0 Å². The molecule has 0 aromatic heterocycles. The van der Waals surface area contributed by atoms with Crippen molar-refractivity contribution in [2.45, 2.75) is 50.9 Å². The zero-order valence-corrected chi connectivity index (χ0v) is 13.2. The zero-order valence-electron chi connectivity index (χ0n) is 13.2. The van der Waals surface area contributed by atoms with Crippen molar-refractivity contribution in [3.8, 4) is 0 Å². The first-order valence-corrected chi connectivity index (χ1v) is 8.36. The van der Waals surface area contributed by atoms with E-state index in [0.717, 1.165) is 19.3 Å². The number of morpholine rings is 1. The molecule has 0 bridgehead atoms. The largest absolute Gasteiger partial charge is 0.376 e. The maximum Gasteiger partial charge on any atom is 0.223 e. The molecule has 2 aliphatic rings. The molecule has 0 radical (unpaired) electrons. The molecule has 3 atom stereocenters. The number of fused-ring (bicyclic) bond motifs is 1. The van der Waals surface area contributed by atoms with Gasteiger partial charge in [0.05, 0.1) is 18.8 Å². The van der Waals surface area contributed by atoms with E-state index in [-0.39, 0.29) is 24.2 Å². The molecule has 1 saturated carbocycles. The third-order valence-electron chi connectivity index (χ3n) is 4.71. The van der Waals surface area contributed by atoms with Crippen molar-refractivity contribution in [1.82, 2.24) is 4.90 Å². The highest BCUT2D eigenvalue weighted by Crippen LogP contribution is 2.32. The Morgan fingerprint density at radius 2 is 2.14 bits per heavy atom. The first kappa shape index (κ1) is 15.5. The molecule has 0 N–H and O–H groups in total. The van der Waals surface area contributed by atoms with Crippen molar-refractivity contribution in [1.29, 1.82) is 0 Å². The van der Waals surface area contributed by atoms with Crippen LogP contribution in [0.15, 0.2) is 30.3 Å². The minimum atomic E-state index is 0.0642. The Balaban J connectivity index is 1.58. The van der Waals surface area contributed by atoms with E-state index in [9.17, 15) is 4.79 Å². The molecule has 120 valence electrons. The highest BCUT2D eigenvalue weighted by Gasteiger charge is 2.44. The number of ether oxygens (including phenoxy) is 2. The second kappa shape index (κ2) is 7.25. The summed E-state index contributed by atoms with van der Waals surface area (Å²) in [4.78, 5) is 14.6. The lowest BCUT2D eigenvalue weighted by Crippen LogP contribution is -2.53. The van der Waals surface area contributed by atoms with Crippen LogP contribution in [0.5, 0.6) is 0 Å². The number of hydrogen-bond donors (Lipinski definition) is 0. The molecule has 3 rings (SSSR count). The number of carbonyl (C=O) groups is 1. The Morgan fingerprint density at radius 3 is 2.91 bits per heavy atom. The fraction of sp³-hybridized carbons (Fsp3) is 0.611. The predicted molar refractivity (Wildman–Crippen MR) is 84.7 cm³/mol. The molecule has 1 aliphatic carbocycles. The maximum absolute atomic E-state index is 12.6. The number of hydrogen-bond acceptors (Lipinski definition) is 3. The van der Waals surface area contributed by atoms with Gasteiger partial charge in [-0.1, -0.05) is 30.3 Å². The van der Waals surface area contributed by atoms with Crippen LogP contribution in [0.4, 0.5) is 0 Å². The van der Waals surface area contributed by atoms with Crippen molar-refractivity contribution >= 4 is 5.91 Å². The van der Waals surface area contributed by atoms with Gasteiger partial charge in [-0.05, 0) is 31.7 Å². The molecule has 1 aromatic rings. The van der Waals surface area contributed by atoms with Crippen molar-refractivity contribution in [3.63, 3.8) is 0 Å². The summed E-state index contributed by atoms with van der Waals surface area (Å²) >= 11 is 0. The Kier molecular flexibility index (Phi) is 5.11. The van der Waals surface area contributed by atoms with E-state index in [1.807, 2.05) is 30.0 Å². The Labute approximate surface area is 132 Å². The molecule has 0 spiro atoms. The summed E-state index contributed by atoms with van der Waals surface area (Å²) in [5.74, 6) is 0.249. The zero-order chi connectivity index (χ0) is 15.4. The van der Waals surface area contributed by atoms with Gasteiger partial charge in [-0.2, -0.15) is 0 Å². The SMILES string of the molecule is CCO[C@@H]1CC[C@@H]2[C@@H]1OCCN2C(=O)CCc1ccccc1. The summed E-state index contributed by atoms with van der Waals surface area (Å²) < 4.78 is 11.7. The smallest absolute Gasteiger partial charge is 0.223 e. The van der Waals surface area contributed by atoms with Gasteiger partial charge in [0.25, 0.3) is 0 Å². The second-order valence-corrected chi connectivity index (χ2v) is 6.05. The number of nitrogens with zero attached hydrogens (tertiary/aromatic N) is 1. The van der Waals surface area contributed by atoms with Gasteiger partial charge in [0, 0.05) is 19.6 Å². The standard InChI is InChI=1S/C18H25NO3/c1-2-21-16-10-9-15-18(16)22-13-12-19(15)17(20)11-8-14-6-4-3-5-7-14/h3-7,15-16,18H,2,8-13H2,1H3/t15-,16-,18+/m1/s1. The average molecular weight is 303 g/mol. The van der Waals surface area contributed by atoms with Gasteiger partial charge >= 0.3 is 0 Å². The van der Waals surface area contributed by atoms with Crippen LogP contribution in [0.1, 0.15) is 31.7 Å². The highest BCUT2D eigenvalue weighted by atomic mass is 16.5. The number of rotatable bonds is 5. The van der Waals surface area contributed by atoms with Crippen molar-refractivity contribution < 1.29 is 14.3 Å². The second-order valence-electron chi connectivity index (χ2n) is 6.05. The molecule has 1 aliphatic heterocycles.